The van der Waals surface area contributed by atoms with Crippen LogP contribution in [0.4, 0.5) is 0 Å². The summed E-state index contributed by atoms with van der Waals surface area (Å²) >= 11 is 0. The molecule has 1 saturated heterocycles. The molecule has 1 heterocycles. The molecule has 0 aromatic heterocycles. The van der Waals surface area contributed by atoms with Gasteiger partial charge in [-0.05, 0) is 33.7 Å². The molecule has 1 atom stereocenters. The molecule has 1 rings (SSSR count). The second-order valence-electron chi connectivity index (χ2n) is 5.34. The Morgan fingerprint density at radius 1 is 1.36 bits per heavy atom. The van der Waals surface area contributed by atoms with E-state index in [1.54, 1.807) is 4.90 Å². The van der Waals surface area contributed by atoms with Gasteiger partial charge < -0.3 is 4.90 Å². The Morgan fingerprint density at radius 2 is 1.93 bits per heavy atom. The van der Waals surface area contributed by atoms with E-state index in [4.69, 9.17) is 0 Å². The molecule has 1 unspecified atom stereocenters. The highest BCUT2D eigenvalue weighted by Crippen LogP contribution is 2.25. The van der Waals surface area contributed by atoms with Crippen molar-refractivity contribution in [2.75, 3.05) is 27.2 Å². The first-order valence-corrected chi connectivity index (χ1v) is 5.28. The van der Waals surface area contributed by atoms with Crippen molar-refractivity contribution >= 4 is 5.91 Å². The molecule has 0 bridgehead atoms. The first-order chi connectivity index (χ1) is 6.32. The largest absolute Gasteiger partial charge is 0.349 e. The number of nitrogens with zero attached hydrogens (tertiary/aromatic N) is 2. The molecule has 82 valence electrons. The quantitative estimate of drug-likeness (QED) is 0.632. The zero-order valence-electron chi connectivity index (χ0n) is 10.0. The van der Waals surface area contributed by atoms with Crippen LogP contribution in [0.1, 0.15) is 27.2 Å². The van der Waals surface area contributed by atoms with Gasteiger partial charge in [0.05, 0.1) is 5.92 Å². The lowest BCUT2D eigenvalue weighted by Crippen LogP contribution is -2.41. The van der Waals surface area contributed by atoms with Gasteiger partial charge in [0, 0.05) is 26.2 Å². The van der Waals surface area contributed by atoms with Crippen LogP contribution in [0.3, 0.4) is 0 Å². The van der Waals surface area contributed by atoms with E-state index >= 15 is 0 Å². The Balaban J connectivity index is 2.54. The Kier molecular flexibility index (Phi) is 3.20. The monoisotopic (exact) mass is 198 g/mol. The smallest absolute Gasteiger partial charge is 0.226 e. The second kappa shape index (κ2) is 3.89. The highest BCUT2D eigenvalue weighted by atomic mass is 16.2. The second-order valence-corrected chi connectivity index (χ2v) is 5.34. The molecule has 1 aliphatic heterocycles. The molecule has 0 aromatic rings. The van der Waals surface area contributed by atoms with Crippen molar-refractivity contribution in [2.45, 2.75) is 32.7 Å². The molecule has 1 amide bonds. The highest BCUT2D eigenvalue weighted by Gasteiger charge is 2.34. The van der Waals surface area contributed by atoms with E-state index in [0.717, 1.165) is 19.5 Å². The summed E-state index contributed by atoms with van der Waals surface area (Å²) in [5, 5.41) is 0. The summed E-state index contributed by atoms with van der Waals surface area (Å²) in [4.78, 5) is 15.8. The van der Waals surface area contributed by atoms with Crippen LogP contribution in [0, 0.1) is 5.92 Å². The van der Waals surface area contributed by atoms with E-state index in [-0.39, 0.29) is 17.4 Å². The summed E-state index contributed by atoms with van der Waals surface area (Å²) < 4.78 is 0. The van der Waals surface area contributed by atoms with Gasteiger partial charge in [0.1, 0.15) is 0 Å². The molecule has 0 aromatic carbocycles. The number of likely N-dealkylation sites (tertiary alicyclic amines) is 1. The third-order valence-corrected chi connectivity index (χ3v) is 2.93. The number of carbonyl (C=O) groups excluding carboxylic acids is 1. The molecule has 0 radical (unpaired) electrons. The molecule has 3 nitrogen and oxygen atoms in total. The topological polar surface area (TPSA) is 23.6 Å². The molecule has 14 heavy (non-hydrogen) atoms. The van der Waals surface area contributed by atoms with Crippen molar-refractivity contribution in [3.8, 4) is 0 Å². The van der Waals surface area contributed by atoms with Crippen LogP contribution in [-0.2, 0) is 4.79 Å². The first-order valence-electron chi connectivity index (χ1n) is 5.28. The fourth-order valence-electron chi connectivity index (χ4n) is 1.94. The number of carbonyl (C=O) groups is 1. The Hall–Kier alpha value is -0.570. The predicted octanol–water partition coefficient (Wildman–Crippen LogP) is 1.19. The fraction of sp³-hybridized carbons (Fsp3) is 0.909. The number of hydrogen-bond acceptors (Lipinski definition) is 2. The van der Waals surface area contributed by atoms with Gasteiger partial charge in [0.15, 0.2) is 0 Å². The van der Waals surface area contributed by atoms with Gasteiger partial charge >= 0.3 is 0 Å². The SMILES string of the molecule is CN(C)C(=O)C1CCN(C(C)(C)C)C1. The third-order valence-electron chi connectivity index (χ3n) is 2.93. The van der Waals surface area contributed by atoms with E-state index in [1.807, 2.05) is 14.1 Å². The van der Waals surface area contributed by atoms with E-state index < -0.39 is 0 Å². The van der Waals surface area contributed by atoms with Gasteiger partial charge in [0.25, 0.3) is 0 Å². The summed E-state index contributed by atoms with van der Waals surface area (Å²) in [6, 6.07) is 0. The lowest BCUT2D eigenvalue weighted by Gasteiger charge is -2.31. The third kappa shape index (κ3) is 2.47. The standard InChI is InChI=1S/C11H22N2O/c1-11(2,3)13-7-6-9(8-13)10(14)12(4)5/h9H,6-8H2,1-5H3. The van der Waals surface area contributed by atoms with Crippen LogP contribution >= 0.6 is 0 Å². The molecule has 1 aliphatic rings. The summed E-state index contributed by atoms with van der Waals surface area (Å²) in [5.41, 5.74) is 0.196. The highest BCUT2D eigenvalue weighted by molar-refractivity contribution is 5.78. The van der Waals surface area contributed by atoms with Gasteiger partial charge in [0.2, 0.25) is 5.91 Å². The van der Waals surface area contributed by atoms with E-state index in [0.29, 0.717) is 0 Å². The molecule has 0 N–H and O–H groups in total. The minimum Gasteiger partial charge on any atom is -0.349 e. The maximum absolute atomic E-state index is 11.7. The maximum Gasteiger partial charge on any atom is 0.226 e. The zero-order valence-corrected chi connectivity index (χ0v) is 10.0. The van der Waals surface area contributed by atoms with Gasteiger partial charge in [-0.1, -0.05) is 0 Å². The summed E-state index contributed by atoms with van der Waals surface area (Å²) in [6.07, 6.45) is 1.01. The van der Waals surface area contributed by atoms with Crippen LogP contribution in [0.5, 0.6) is 0 Å². The number of amides is 1. The normalized spacial score (nSPS) is 23.9. The molecular weight excluding hydrogens is 176 g/mol. The van der Waals surface area contributed by atoms with Crippen molar-refractivity contribution in [1.82, 2.24) is 9.80 Å². The summed E-state index contributed by atoms with van der Waals surface area (Å²) in [5.74, 6) is 0.487. The molecule has 0 saturated carbocycles. The van der Waals surface area contributed by atoms with E-state index in [1.165, 1.54) is 0 Å². The molecule has 3 heteroatoms. The average Bonchev–Trinajstić information content (AvgIpc) is 2.49. The van der Waals surface area contributed by atoms with Crippen LogP contribution in [0.25, 0.3) is 0 Å². The van der Waals surface area contributed by atoms with Crippen molar-refractivity contribution in [3.05, 3.63) is 0 Å². The summed E-state index contributed by atoms with van der Waals surface area (Å²) in [7, 11) is 3.67. The predicted molar refractivity (Wildman–Crippen MR) is 58.1 cm³/mol. The van der Waals surface area contributed by atoms with Crippen molar-refractivity contribution < 1.29 is 4.79 Å². The Labute approximate surface area is 87.1 Å². The molecule has 0 spiro atoms. The summed E-state index contributed by atoms with van der Waals surface area (Å²) in [6.45, 7) is 8.58. The molecule has 1 fully saturated rings. The van der Waals surface area contributed by atoms with Crippen molar-refractivity contribution in [2.24, 2.45) is 5.92 Å². The van der Waals surface area contributed by atoms with E-state index in [9.17, 15) is 4.79 Å². The Bertz CT molecular complexity index is 218. The molecular formula is C11H22N2O. The minimum atomic E-state index is 0.196. The van der Waals surface area contributed by atoms with Crippen LogP contribution in [-0.4, -0.2) is 48.4 Å². The molecule has 0 aliphatic carbocycles. The number of rotatable bonds is 1. The van der Waals surface area contributed by atoms with Crippen LogP contribution in [0.2, 0.25) is 0 Å². The van der Waals surface area contributed by atoms with Crippen LogP contribution in [0.15, 0.2) is 0 Å². The number of hydrogen-bond donors (Lipinski definition) is 0. The van der Waals surface area contributed by atoms with Gasteiger partial charge in [-0.2, -0.15) is 0 Å². The maximum atomic E-state index is 11.7. The van der Waals surface area contributed by atoms with Gasteiger partial charge in [-0.15, -0.1) is 0 Å². The van der Waals surface area contributed by atoms with Crippen molar-refractivity contribution in [1.29, 1.82) is 0 Å². The minimum absolute atomic E-state index is 0.196. The van der Waals surface area contributed by atoms with E-state index in [2.05, 4.69) is 25.7 Å². The van der Waals surface area contributed by atoms with Crippen LogP contribution < -0.4 is 0 Å². The van der Waals surface area contributed by atoms with Crippen molar-refractivity contribution in [3.63, 3.8) is 0 Å². The Morgan fingerprint density at radius 3 is 2.29 bits per heavy atom. The fourth-order valence-corrected chi connectivity index (χ4v) is 1.94. The zero-order chi connectivity index (χ0) is 10.9. The average molecular weight is 198 g/mol. The lowest BCUT2D eigenvalue weighted by molar-refractivity contribution is -0.132. The van der Waals surface area contributed by atoms with Gasteiger partial charge in [-0.25, -0.2) is 0 Å². The first kappa shape index (κ1) is 11.5. The van der Waals surface area contributed by atoms with Gasteiger partial charge in [-0.3, -0.25) is 9.69 Å². The lowest BCUT2D eigenvalue weighted by atomic mass is 10.1.